The van der Waals surface area contributed by atoms with Gasteiger partial charge in [-0.25, -0.2) is 0 Å². The highest BCUT2D eigenvalue weighted by atomic mass is 32.1. The van der Waals surface area contributed by atoms with E-state index >= 15 is 0 Å². The van der Waals surface area contributed by atoms with Crippen LogP contribution in [0.25, 0.3) is 0 Å². The Balaban J connectivity index is 2.38. The van der Waals surface area contributed by atoms with Gasteiger partial charge in [0, 0.05) is 11.1 Å². The maximum Gasteiger partial charge on any atom is 0.122 e. The Hall–Kier alpha value is -1.66. The van der Waals surface area contributed by atoms with Crippen LogP contribution in [0.5, 0.6) is 0 Å². The van der Waals surface area contributed by atoms with E-state index in [1.807, 2.05) is 35.7 Å². The number of nitrogens with zero attached hydrogens (tertiary/aromatic N) is 2. The molecule has 2 nitrogen and oxygen atoms in total. The van der Waals surface area contributed by atoms with Crippen molar-refractivity contribution in [2.75, 3.05) is 0 Å². The molecule has 0 fully saturated rings. The summed E-state index contributed by atoms with van der Waals surface area (Å²) in [6.07, 6.45) is 1.72. The van der Waals surface area contributed by atoms with Crippen LogP contribution in [0.3, 0.4) is 0 Å². The second kappa shape index (κ2) is 4.03. The van der Waals surface area contributed by atoms with E-state index in [2.05, 4.69) is 11.1 Å². The van der Waals surface area contributed by atoms with Gasteiger partial charge in [0.2, 0.25) is 0 Å². The molecule has 0 spiro atoms. The van der Waals surface area contributed by atoms with Crippen LogP contribution in [-0.4, -0.2) is 4.98 Å². The van der Waals surface area contributed by atoms with E-state index in [4.69, 9.17) is 5.26 Å². The van der Waals surface area contributed by atoms with Gasteiger partial charge in [-0.3, -0.25) is 4.98 Å². The third-order valence-corrected chi connectivity index (χ3v) is 2.88. The van der Waals surface area contributed by atoms with Crippen molar-refractivity contribution >= 4 is 11.3 Å². The molecule has 3 heteroatoms. The van der Waals surface area contributed by atoms with Crippen molar-refractivity contribution in [3.63, 3.8) is 0 Å². The molecule has 0 saturated heterocycles. The van der Waals surface area contributed by atoms with Gasteiger partial charge in [0.15, 0.2) is 0 Å². The molecule has 1 unspecified atom stereocenters. The molecule has 1 atom stereocenters. The first kappa shape index (κ1) is 8.92. The molecule has 0 aliphatic rings. The summed E-state index contributed by atoms with van der Waals surface area (Å²) in [6, 6.07) is 11.8. The first-order chi connectivity index (χ1) is 6.92. The van der Waals surface area contributed by atoms with E-state index in [-0.39, 0.29) is 5.92 Å². The first-order valence-corrected chi connectivity index (χ1v) is 5.13. The highest BCUT2D eigenvalue weighted by Crippen LogP contribution is 2.25. The Bertz CT molecular complexity index is 428. The van der Waals surface area contributed by atoms with Crippen molar-refractivity contribution < 1.29 is 0 Å². The van der Waals surface area contributed by atoms with Crippen LogP contribution >= 0.6 is 11.3 Å². The van der Waals surface area contributed by atoms with E-state index < -0.39 is 0 Å². The Morgan fingerprint density at radius 2 is 2.21 bits per heavy atom. The number of thiophene rings is 1. The van der Waals surface area contributed by atoms with Crippen molar-refractivity contribution in [1.29, 1.82) is 5.26 Å². The number of rotatable bonds is 2. The van der Waals surface area contributed by atoms with Crippen LogP contribution in [0, 0.1) is 11.3 Å². The maximum atomic E-state index is 9.07. The molecule has 0 bridgehead atoms. The minimum atomic E-state index is -0.226. The number of pyridine rings is 1. The molecule has 14 heavy (non-hydrogen) atoms. The van der Waals surface area contributed by atoms with Crippen molar-refractivity contribution in [2.45, 2.75) is 5.92 Å². The molecule has 2 heterocycles. The lowest BCUT2D eigenvalue weighted by molar-refractivity contribution is 0.988. The second-order valence-corrected chi connectivity index (χ2v) is 3.81. The molecule has 0 amide bonds. The summed E-state index contributed by atoms with van der Waals surface area (Å²) in [5, 5.41) is 11.0. The molecule has 0 aliphatic carbocycles. The summed E-state index contributed by atoms with van der Waals surface area (Å²) in [7, 11) is 0. The minimum Gasteiger partial charge on any atom is -0.260 e. The zero-order chi connectivity index (χ0) is 9.80. The van der Waals surface area contributed by atoms with Gasteiger partial charge in [-0.05, 0) is 23.6 Å². The fourth-order valence-corrected chi connectivity index (χ4v) is 2.06. The molecule has 2 aromatic heterocycles. The average molecular weight is 200 g/mol. The van der Waals surface area contributed by atoms with E-state index in [9.17, 15) is 0 Å². The van der Waals surface area contributed by atoms with Gasteiger partial charge in [-0.2, -0.15) is 5.26 Å². The topological polar surface area (TPSA) is 36.7 Å². The highest BCUT2D eigenvalue weighted by molar-refractivity contribution is 7.10. The standard InChI is InChI=1S/C11H8N2S/c12-8-9(11-5-3-7-14-11)10-4-1-2-6-13-10/h1-7,9H. The summed E-state index contributed by atoms with van der Waals surface area (Å²) in [5.74, 6) is -0.226. The number of hydrogen-bond donors (Lipinski definition) is 0. The van der Waals surface area contributed by atoms with Crippen LogP contribution in [0.2, 0.25) is 0 Å². The van der Waals surface area contributed by atoms with E-state index in [1.165, 1.54) is 0 Å². The number of hydrogen-bond acceptors (Lipinski definition) is 3. The monoisotopic (exact) mass is 200 g/mol. The summed E-state index contributed by atoms with van der Waals surface area (Å²) in [4.78, 5) is 5.24. The average Bonchev–Trinajstić information content (AvgIpc) is 2.74. The molecule has 0 aliphatic heterocycles. The van der Waals surface area contributed by atoms with E-state index in [0.717, 1.165) is 10.6 Å². The van der Waals surface area contributed by atoms with Crippen LogP contribution in [0.4, 0.5) is 0 Å². The first-order valence-electron chi connectivity index (χ1n) is 4.26. The SMILES string of the molecule is N#CC(c1ccccn1)c1cccs1. The summed E-state index contributed by atoms with van der Waals surface area (Å²) in [5.41, 5.74) is 0.817. The zero-order valence-corrected chi connectivity index (χ0v) is 8.24. The minimum absolute atomic E-state index is 0.226. The molecule has 2 aromatic rings. The summed E-state index contributed by atoms with van der Waals surface area (Å²) >= 11 is 1.59. The van der Waals surface area contributed by atoms with E-state index in [0.29, 0.717) is 0 Å². The Morgan fingerprint density at radius 1 is 1.29 bits per heavy atom. The van der Waals surface area contributed by atoms with Crippen LogP contribution in [0.1, 0.15) is 16.5 Å². The summed E-state index contributed by atoms with van der Waals surface area (Å²) in [6.45, 7) is 0. The van der Waals surface area contributed by atoms with Gasteiger partial charge >= 0.3 is 0 Å². The van der Waals surface area contributed by atoms with Crippen LogP contribution < -0.4 is 0 Å². The van der Waals surface area contributed by atoms with Gasteiger partial charge < -0.3 is 0 Å². The Labute approximate surface area is 86.5 Å². The quantitative estimate of drug-likeness (QED) is 0.747. The molecule has 0 aromatic carbocycles. The normalized spacial score (nSPS) is 11.9. The molecular weight excluding hydrogens is 192 g/mol. The maximum absolute atomic E-state index is 9.07. The zero-order valence-electron chi connectivity index (χ0n) is 7.42. The smallest absolute Gasteiger partial charge is 0.122 e. The Morgan fingerprint density at radius 3 is 2.79 bits per heavy atom. The Kier molecular flexibility index (Phi) is 2.57. The van der Waals surface area contributed by atoms with Crippen molar-refractivity contribution in [2.24, 2.45) is 0 Å². The van der Waals surface area contributed by atoms with Gasteiger partial charge in [-0.1, -0.05) is 12.1 Å². The van der Waals surface area contributed by atoms with E-state index in [1.54, 1.807) is 17.5 Å². The number of nitriles is 1. The van der Waals surface area contributed by atoms with Gasteiger partial charge in [0.1, 0.15) is 5.92 Å². The largest absolute Gasteiger partial charge is 0.260 e. The lowest BCUT2D eigenvalue weighted by Crippen LogP contribution is -1.97. The molecular formula is C11H8N2S. The van der Waals surface area contributed by atoms with Gasteiger partial charge in [-0.15, -0.1) is 11.3 Å². The fraction of sp³-hybridized carbons (Fsp3) is 0.0909. The predicted octanol–water partition coefficient (Wildman–Crippen LogP) is 2.80. The molecule has 0 radical (unpaired) electrons. The molecule has 68 valence electrons. The third kappa shape index (κ3) is 1.66. The fourth-order valence-electron chi connectivity index (χ4n) is 1.28. The van der Waals surface area contributed by atoms with Gasteiger partial charge in [0.05, 0.1) is 11.8 Å². The van der Waals surface area contributed by atoms with Crippen molar-refractivity contribution in [3.05, 3.63) is 52.5 Å². The lowest BCUT2D eigenvalue weighted by Gasteiger charge is -2.04. The highest BCUT2D eigenvalue weighted by Gasteiger charge is 2.14. The number of aromatic nitrogens is 1. The molecule has 0 N–H and O–H groups in total. The van der Waals surface area contributed by atoms with Crippen molar-refractivity contribution in [1.82, 2.24) is 4.98 Å². The van der Waals surface area contributed by atoms with Gasteiger partial charge in [0.25, 0.3) is 0 Å². The second-order valence-electron chi connectivity index (χ2n) is 2.83. The lowest BCUT2D eigenvalue weighted by atomic mass is 10.1. The summed E-state index contributed by atoms with van der Waals surface area (Å²) < 4.78 is 0. The molecule has 2 rings (SSSR count). The predicted molar refractivity (Wildman–Crippen MR) is 56.0 cm³/mol. The van der Waals surface area contributed by atoms with Crippen LogP contribution in [0.15, 0.2) is 41.9 Å². The molecule has 0 saturated carbocycles. The third-order valence-electron chi connectivity index (χ3n) is 1.94. The van der Waals surface area contributed by atoms with Crippen LogP contribution in [-0.2, 0) is 0 Å². The van der Waals surface area contributed by atoms with Crippen molar-refractivity contribution in [3.8, 4) is 6.07 Å².